The quantitative estimate of drug-likeness (QED) is 0.848. The van der Waals surface area contributed by atoms with Crippen molar-refractivity contribution < 1.29 is 9.18 Å². The first-order valence-corrected chi connectivity index (χ1v) is 9.23. The summed E-state index contributed by atoms with van der Waals surface area (Å²) in [7, 11) is 0. The van der Waals surface area contributed by atoms with Crippen LogP contribution in [0.3, 0.4) is 0 Å². The third-order valence-corrected chi connectivity index (χ3v) is 5.13. The van der Waals surface area contributed by atoms with Gasteiger partial charge in [0.05, 0.1) is 0 Å². The molecule has 0 radical (unpaired) electrons. The molecule has 1 amide bonds. The minimum atomic E-state index is -0.205. The lowest BCUT2D eigenvalue weighted by atomic mass is 10.1. The molecule has 4 nitrogen and oxygen atoms in total. The average molecular weight is 333 g/mol. The summed E-state index contributed by atoms with van der Waals surface area (Å²) in [6, 6.07) is 6.65. The van der Waals surface area contributed by atoms with Gasteiger partial charge in [0.1, 0.15) is 5.82 Å². The van der Waals surface area contributed by atoms with Crippen LogP contribution in [0.2, 0.25) is 0 Å². The first-order chi connectivity index (χ1) is 11.7. The van der Waals surface area contributed by atoms with Gasteiger partial charge in [0.25, 0.3) is 0 Å². The van der Waals surface area contributed by atoms with Crippen LogP contribution in [-0.4, -0.2) is 61.5 Å². The largest absolute Gasteiger partial charge is 0.370 e. The predicted molar refractivity (Wildman–Crippen MR) is 94.7 cm³/mol. The summed E-state index contributed by atoms with van der Waals surface area (Å²) in [6.07, 6.45) is 5.47. The fourth-order valence-electron chi connectivity index (χ4n) is 3.67. The highest BCUT2D eigenvalue weighted by molar-refractivity contribution is 5.76. The molecule has 0 bridgehead atoms. The van der Waals surface area contributed by atoms with Crippen LogP contribution in [0.15, 0.2) is 24.3 Å². The Bertz CT molecular complexity index is 528. The smallest absolute Gasteiger partial charge is 0.223 e. The Balaban J connectivity index is 1.47. The molecule has 3 rings (SSSR count). The molecular weight excluding hydrogens is 305 g/mol. The monoisotopic (exact) mass is 333 g/mol. The van der Waals surface area contributed by atoms with Crippen molar-refractivity contribution >= 4 is 11.6 Å². The number of piperidine rings is 1. The zero-order chi connectivity index (χ0) is 16.8. The molecule has 2 fully saturated rings. The number of likely N-dealkylation sites (tertiary alicyclic amines) is 1. The number of benzene rings is 1. The van der Waals surface area contributed by atoms with E-state index >= 15 is 0 Å². The van der Waals surface area contributed by atoms with Gasteiger partial charge in [-0.1, -0.05) is 6.42 Å². The Hall–Kier alpha value is -1.62. The standard InChI is InChI=1S/C19H28FN3O/c20-17-5-7-18(8-6-17)22-12-4-13-23(16-15-22)19(24)9-14-21-10-2-1-3-11-21/h5-8H,1-4,9-16H2. The molecule has 0 aliphatic carbocycles. The van der Waals surface area contributed by atoms with E-state index in [9.17, 15) is 9.18 Å². The van der Waals surface area contributed by atoms with Crippen molar-refractivity contribution in [2.45, 2.75) is 32.1 Å². The van der Waals surface area contributed by atoms with Crippen molar-refractivity contribution in [3.05, 3.63) is 30.1 Å². The summed E-state index contributed by atoms with van der Waals surface area (Å²) in [5.74, 6) is 0.0737. The lowest BCUT2D eigenvalue weighted by Crippen LogP contribution is -2.38. The molecule has 0 saturated carbocycles. The van der Waals surface area contributed by atoms with Crippen molar-refractivity contribution in [2.24, 2.45) is 0 Å². The molecule has 0 unspecified atom stereocenters. The first kappa shape index (κ1) is 17.2. The SMILES string of the molecule is O=C(CCN1CCCCC1)N1CCCN(c2ccc(F)cc2)CC1. The maximum atomic E-state index is 13.1. The first-order valence-electron chi connectivity index (χ1n) is 9.23. The van der Waals surface area contributed by atoms with E-state index in [0.29, 0.717) is 6.42 Å². The summed E-state index contributed by atoms with van der Waals surface area (Å²) in [5, 5.41) is 0. The van der Waals surface area contributed by atoms with E-state index in [-0.39, 0.29) is 11.7 Å². The average Bonchev–Trinajstić information content (AvgIpc) is 2.87. The highest BCUT2D eigenvalue weighted by Gasteiger charge is 2.20. The molecule has 2 aliphatic heterocycles. The molecular formula is C19H28FN3O. The van der Waals surface area contributed by atoms with Crippen molar-refractivity contribution in [3.63, 3.8) is 0 Å². The third-order valence-electron chi connectivity index (χ3n) is 5.13. The van der Waals surface area contributed by atoms with E-state index in [1.165, 1.54) is 31.4 Å². The van der Waals surface area contributed by atoms with Crippen molar-refractivity contribution in [3.8, 4) is 0 Å². The normalized spacial score (nSPS) is 20.0. The lowest BCUT2D eigenvalue weighted by molar-refractivity contribution is -0.131. The molecule has 0 N–H and O–H groups in total. The minimum absolute atomic E-state index is 0.205. The molecule has 0 aromatic heterocycles. The number of anilines is 1. The zero-order valence-corrected chi connectivity index (χ0v) is 14.4. The Labute approximate surface area is 144 Å². The summed E-state index contributed by atoms with van der Waals surface area (Å²) in [4.78, 5) is 19.2. The van der Waals surface area contributed by atoms with Crippen LogP contribution in [-0.2, 0) is 4.79 Å². The van der Waals surface area contributed by atoms with Crippen LogP contribution >= 0.6 is 0 Å². The van der Waals surface area contributed by atoms with E-state index in [4.69, 9.17) is 0 Å². The Morgan fingerprint density at radius 3 is 2.38 bits per heavy atom. The van der Waals surface area contributed by atoms with Gasteiger partial charge in [0.2, 0.25) is 5.91 Å². The summed E-state index contributed by atoms with van der Waals surface area (Å²) in [6.45, 7) is 6.52. The molecule has 0 spiro atoms. The van der Waals surface area contributed by atoms with Gasteiger partial charge in [-0.05, 0) is 56.6 Å². The number of hydrogen-bond acceptors (Lipinski definition) is 3. The van der Waals surface area contributed by atoms with Gasteiger partial charge in [-0.2, -0.15) is 0 Å². The van der Waals surface area contributed by atoms with Gasteiger partial charge < -0.3 is 14.7 Å². The van der Waals surface area contributed by atoms with Crippen molar-refractivity contribution in [1.82, 2.24) is 9.80 Å². The van der Waals surface area contributed by atoms with Crippen LogP contribution in [0.25, 0.3) is 0 Å². The lowest BCUT2D eigenvalue weighted by Gasteiger charge is -2.28. The third kappa shape index (κ3) is 4.69. The molecule has 2 saturated heterocycles. The van der Waals surface area contributed by atoms with E-state index in [1.807, 2.05) is 17.0 Å². The van der Waals surface area contributed by atoms with E-state index in [2.05, 4.69) is 9.80 Å². The Kier molecular flexibility index (Phi) is 6.07. The summed E-state index contributed by atoms with van der Waals surface area (Å²) >= 11 is 0. The minimum Gasteiger partial charge on any atom is -0.370 e. The number of amides is 1. The predicted octanol–water partition coefficient (Wildman–Crippen LogP) is 2.74. The zero-order valence-electron chi connectivity index (χ0n) is 14.4. The van der Waals surface area contributed by atoms with Crippen LogP contribution in [0.5, 0.6) is 0 Å². The second-order valence-corrected chi connectivity index (χ2v) is 6.85. The second-order valence-electron chi connectivity index (χ2n) is 6.85. The topological polar surface area (TPSA) is 26.8 Å². The molecule has 5 heteroatoms. The van der Waals surface area contributed by atoms with E-state index in [0.717, 1.165) is 57.9 Å². The van der Waals surface area contributed by atoms with Crippen LogP contribution in [0.1, 0.15) is 32.1 Å². The summed E-state index contributed by atoms with van der Waals surface area (Å²) < 4.78 is 13.1. The molecule has 1 aromatic carbocycles. The molecule has 2 heterocycles. The summed E-state index contributed by atoms with van der Waals surface area (Å²) in [5.41, 5.74) is 1.04. The fourth-order valence-corrected chi connectivity index (χ4v) is 3.67. The maximum Gasteiger partial charge on any atom is 0.223 e. The van der Waals surface area contributed by atoms with E-state index in [1.54, 1.807) is 0 Å². The van der Waals surface area contributed by atoms with Gasteiger partial charge in [0.15, 0.2) is 0 Å². The van der Waals surface area contributed by atoms with Gasteiger partial charge in [-0.15, -0.1) is 0 Å². The van der Waals surface area contributed by atoms with E-state index < -0.39 is 0 Å². The number of halogens is 1. The van der Waals surface area contributed by atoms with Gasteiger partial charge in [0, 0.05) is 44.8 Å². The number of hydrogen-bond donors (Lipinski definition) is 0. The van der Waals surface area contributed by atoms with Crippen LogP contribution < -0.4 is 4.90 Å². The number of nitrogens with zero attached hydrogens (tertiary/aromatic N) is 3. The molecule has 24 heavy (non-hydrogen) atoms. The maximum absolute atomic E-state index is 13.1. The molecule has 2 aliphatic rings. The molecule has 1 aromatic rings. The molecule has 0 atom stereocenters. The van der Waals surface area contributed by atoms with Gasteiger partial charge >= 0.3 is 0 Å². The Morgan fingerprint density at radius 1 is 0.875 bits per heavy atom. The van der Waals surface area contributed by atoms with Gasteiger partial charge in [-0.25, -0.2) is 4.39 Å². The highest BCUT2D eigenvalue weighted by atomic mass is 19.1. The number of carbonyl (C=O) groups excluding carboxylic acids is 1. The molecule has 132 valence electrons. The Morgan fingerprint density at radius 2 is 1.62 bits per heavy atom. The fraction of sp³-hybridized carbons (Fsp3) is 0.632. The van der Waals surface area contributed by atoms with Crippen LogP contribution in [0.4, 0.5) is 10.1 Å². The van der Waals surface area contributed by atoms with Crippen molar-refractivity contribution in [1.29, 1.82) is 0 Å². The second kappa shape index (κ2) is 8.47. The van der Waals surface area contributed by atoms with Gasteiger partial charge in [-0.3, -0.25) is 4.79 Å². The number of carbonyl (C=O) groups is 1. The van der Waals surface area contributed by atoms with Crippen molar-refractivity contribution in [2.75, 3.05) is 50.7 Å². The number of rotatable bonds is 4. The van der Waals surface area contributed by atoms with Crippen LogP contribution in [0, 0.1) is 5.82 Å². The highest BCUT2D eigenvalue weighted by Crippen LogP contribution is 2.17.